The molecule has 0 aliphatic heterocycles. The Balaban J connectivity index is -0.000000806. The highest BCUT2D eigenvalue weighted by atomic mass is 15.3. The Morgan fingerprint density at radius 3 is 0.702 bits per heavy atom. The van der Waals surface area contributed by atoms with Crippen molar-refractivity contribution >= 4 is 0 Å². The predicted octanol–water partition coefficient (Wildman–Crippen LogP) is 12.3. The van der Waals surface area contributed by atoms with E-state index in [1.807, 2.05) is 0 Å². The lowest BCUT2D eigenvalue weighted by atomic mass is 10.1. The van der Waals surface area contributed by atoms with Crippen LogP contribution in [0.3, 0.4) is 0 Å². The SMILES string of the molecule is CCCCCCCCCCCC[N+](C)(C)CCCCCCCCCCCC.CCCCCCCCCCCC[NH+](C)C.C[N+](C)(C)C. The number of quaternary nitrogens is 3. The molecule has 3 nitrogen and oxygen atoms in total. The molecule has 0 heterocycles. The van der Waals surface area contributed by atoms with Crippen molar-refractivity contribution in [1.29, 1.82) is 0 Å². The van der Waals surface area contributed by atoms with E-state index in [4.69, 9.17) is 0 Å². The molecule has 47 heavy (non-hydrogen) atoms. The van der Waals surface area contributed by atoms with Crippen molar-refractivity contribution in [1.82, 2.24) is 0 Å². The van der Waals surface area contributed by atoms with Gasteiger partial charge in [0.25, 0.3) is 0 Å². The summed E-state index contributed by atoms with van der Waals surface area (Å²) >= 11 is 0. The highest BCUT2D eigenvalue weighted by Crippen LogP contribution is 2.14. The first-order chi connectivity index (χ1) is 22.4. The largest absolute Gasteiger partial charge is 0.340 e. The molecule has 0 atom stereocenters. The molecule has 0 amide bonds. The zero-order valence-electron chi connectivity index (χ0n) is 35.7. The molecule has 0 radical (unpaired) electrons. The van der Waals surface area contributed by atoms with Crippen LogP contribution in [0.5, 0.6) is 0 Å². The van der Waals surface area contributed by atoms with E-state index < -0.39 is 0 Å². The summed E-state index contributed by atoms with van der Waals surface area (Å²) in [6.45, 7) is 11.0. The fourth-order valence-corrected chi connectivity index (χ4v) is 6.13. The summed E-state index contributed by atoms with van der Waals surface area (Å²) in [5, 5.41) is 0. The van der Waals surface area contributed by atoms with Crippen LogP contribution in [0.4, 0.5) is 0 Å². The van der Waals surface area contributed by atoms with E-state index >= 15 is 0 Å². The third-order valence-corrected chi connectivity index (χ3v) is 9.26. The van der Waals surface area contributed by atoms with Gasteiger partial charge in [-0.25, -0.2) is 0 Å². The van der Waals surface area contributed by atoms with Crippen LogP contribution < -0.4 is 4.90 Å². The molecule has 0 saturated carbocycles. The lowest BCUT2D eigenvalue weighted by Crippen LogP contribution is -3.05. The van der Waals surface area contributed by atoms with E-state index in [-0.39, 0.29) is 0 Å². The van der Waals surface area contributed by atoms with Gasteiger partial charge in [-0.05, 0) is 38.5 Å². The van der Waals surface area contributed by atoms with Crippen LogP contribution in [-0.2, 0) is 0 Å². The molecule has 0 aliphatic carbocycles. The highest BCUT2D eigenvalue weighted by Gasteiger charge is 2.13. The lowest BCUT2D eigenvalue weighted by Gasteiger charge is -2.30. The number of rotatable bonds is 33. The normalized spacial score (nSPS) is 11.7. The summed E-state index contributed by atoms with van der Waals surface area (Å²) in [5.41, 5.74) is 0. The summed E-state index contributed by atoms with van der Waals surface area (Å²) in [5.74, 6) is 0. The summed E-state index contributed by atoms with van der Waals surface area (Å²) < 4.78 is 2.24. The van der Waals surface area contributed by atoms with Crippen LogP contribution in [0.1, 0.15) is 213 Å². The first kappa shape index (κ1) is 51.3. The van der Waals surface area contributed by atoms with Gasteiger partial charge in [0.2, 0.25) is 0 Å². The Labute approximate surface area is 302 Å². The Hall–Kier alpha value is -0.120. The lowest BCUT2D eigenvalue weighted by molar-refractivity contribution is -0.890. The van der Waals surface area contributed by atoms with Gasteiger partial charge in [-0.1, -0.05) is 175 Å². The van der Waals surface area contributed by atoms with Gasteiger partial charge in [-0.15, -0.1) is 0 Å². The minimum Gasteiger partial charge on any atom is -0.340 e. The maximum atomic E-state index is 2.45. The molecule has 0 aliphatic rings. The molecule has 0 fully saturated rings. The molecule has 3 heteroatoms. The Morgan fingerprint density at radius 2 is 0.489 bits per heavy atom. The molecule has 0 spiro atoms. The summed E-state index contributed by atoms with van der Waals surface area (Å²) in [6.07, 6.45) is 43.5. The predicted molar refractivity (Wildman–Crippen MR) is 219 cm³/mol. The second-order valence-corrected chi connectivity index (χ2v) is 17.6. The van der Waals surface area contributed by atoms with Gasteiger partial charge in [0.05, 0.1) is 76.0 Å². The summed E-state index contributed by atoms with van der Waals surface area (Å²) in [6, 6.07) is 0. The van der Waals surface area contributed by atoms with Gasteiger partial charge in [0.15, 0.2) is 0 Å². The van der Waals surface area contributed by atoms with Gasteiger partial charge in [0, 0.05) is 0 Å². The van der Waals surface area contributed by atoms with Crippen molar-refractivity contribution < 1.29 is 13.9 Å². The minimum atomic E-state index is 1.00. The van der Waals surface area contributed by atoms with E-state index in [1.165, 1.54) is 217 Å². The molecule has 0 aromatic rings. The number of hydrogen-bond acceptors (Lipinski definition) is 0. The van der Waals surface area contributed by atoms with Crippen LogP contribution in [0.2, 0.25) is 0 Å². The van der Waals surface area contributed by atoms with Crippen LogP contribution in [-0.4, -0.2) is 85.0 Å². The Kier molecular flexibility index (Phi) is 44.0. The van der Waals surface area contributed by atoms with E-state index in [0.29, 0.717) is 0 Å². The van der Waals surface area contributed by atoms with Crippen molar-refractivity contribution in [3.63, 3.8) is 0 Å². The number of nitrogens with zero attached hydrogens (tertiary/aromatic N) is 2. The first-order valence-corrected chi connectivity index (χ1v) is 21.8. The molecule has 0 aromatic heterocycles. The van der Waals surface area contributed by atoms with Gasteiger partial charge >= 0.3 is 0 Å². The zero-order chi connectivity index (χ0) is 35.9. The van der Waals surface area contributed by atoms with Crippen LogP contribution in [0.25, 0.3) is 0 Å². The molecule has 0 aromatic carbocycles. The maximum absolute atomic E-state index is 2.45. The van der Waals surface area contributed by atoms with E-state index in [9.17, 15) is 0 Å². The topological polar surface area (TPSA) is 4.44 Å². The van der Waals surface area contributed by atoms with Crippen molar-refractivity contribution in [3.05, 3.63) is 0 Å². The summed E-state index contributed by atoms with van der Waals surface area (Å²) in [4.78, 5) is 1.59. The summed E-state index contributed by atoms with van der Waals surface area (Å²) in [7, 11) is 17.9. The minimum absolute atomic E-state index is 1.00. The van der Waals surface area contributed by atoms with Gasteiger partial charge in [0.1, 0.15) is 0 Å². The van der Waals surface area contributed by atoms with Crippen molar-refractivity contribution in [3.8, 4) is 0 Å². The quantitative estimate of drug-likeness (QED) is 0.0523. The number of nitrogens with one attached hydrogen (secondary N) is 1. The Morgan fingerprint density at radius 1 is 0.298 bits per heavy atom. The molecule has 1 N–H and O–H groups in total. The second-order valence-electron chi connectivity index (χ2n) is 17.6. The average molecular weight is 671 g/mol. The van der Waals surface area contributed by atoms with Crippen LogP contribution in [0.15, 0.2) is 0 Å². The fraction of sp³-hybridized carbons (Fsp3) is 1.00. The zero-order valence-corrected chi connectivity index (χ0v) is 35.7. The number of hydrogen-bond donors (Lipinski definition) is 1. The monoisotopic (exact) mass is 671 g/mol. The van der Waals surface area contributed by atoms with Gasteiger partial charge < -0.3 is 13.9 Å². The maximum Gasteiger partial charge on any atom is 0.0782 e. The third-order valence-electron chi connectivity index (χ3n) is 9.26. The molecular weight excluding hydrogens is 571 g/mol. The standard InChI is InChI=1S/C26H56N.C14H31N.C4H12N/c1-5-7-9-11-13-15-17-19-21-23-25-27(3,4)26-24-22-20-18-16-14-12-10-8-6-2;1-4-5-6-7-8-9-10-11-12-13-14-15(2)3;1-5(2,3)4/h5-26H2,1-4H3;4-14H2,1-3H3;1-4H3/q+1;;+1/p+1. The molecular formula is C44H100N3+3. The van der Waals surface area contributed by atoms with E-state index in [1.54, 1.807) is 4.90 Å². The average Bonchev–Trinajstić information content (AvgIpc) is 2.99. The van der Waals surface area contributed by atoms with Crippen molar-refractivity contribution in [2.24, 2.45) is 0 Å². The molecule has 0 saturated heterocycles. The fourth-order valence-electron chi connectivity index (χ4n) is 6.13. The van der Waals surface area contributed by atoms with Crippen LogP contribution in [0, 0.1) is 0 Å². The highest BCUT2D eigenvalue weighted by molar-refractivity contribution is 4.50. The van der Waals surface area contributed by atoms with Crippen LogP contribution >= 0.6 is 0 Å². The van der Waals surface area contributed by atoms with Gasteiger partial charge in [-0.2, -0.15) is 0 Å². The number of unbranched alkanes of at least 4 members (excludes halogenated alkanes) is 27. The van der Waals surface area contributed by atoms with Crippen molar-refractivity contribution in [2.75, 3.05) is 76.0 Å². The van der Waals surface area contributed by atoms with Crippen molar-refractivity contribution in [2.45, 2.75) is 213 Å². The third kappa shape index (κ3) is 61.6. The second kappa shape index (κ2) is 40.3. The smallest absolute Gasteiger partial charge is 0.0782 e. The first-order valence-electron chi connectivity index (χ1n) is 21.8. The van der Waals surface area contributed by atoms with Gasteiger partial charge in [-0.3, -0.25) is 0 Å². The molecule has 0 rings (SSSR count). The van der Waals surface area contributed by atoms with E-state index in [0.717, 1.165) is 4.48 Å². The Bertz CT molecular complexity index is 505. The molecule has 0 unspecified atom stereocenters. The molecule has 288 valence electrons. The molecule has 0 bridgehead atoms. The van der Waals surface area contributed by atoms with E-state index in [2.05, 4.69) is 77.2 Å².